The van der Waals surface area contributed by atoms with Crippen LogP contribution in [0.25, 0.3) is 6.08 Å². The van der Waals surface area contributed by atoms with Gasteiger partial charge in [0.25, 0.3) is 0 Å². The summed E-state index contributed by atoms with van der Waals surface area (Å²) in [5, 5.41) is 2.63. The van der Waals surface area contributed by atoms with E-state index in [9.17, 15) is 9.59 Å². The van der Waals surface area contributed by atoms with Gasteiger partial charge in [-0.1, -0.05) is 0 Å². The van der Waals surface area contributed by atoms with Crippen LogP contribution in [0.15, 0.2) is 41.3 Å². The first-order valence-corrected chi connectivity index (χ1v) is 11.1. The van der Waals surface area contributed by atoms with Crippen molar-refractivity contribution in [2.24, 2.45) is 0 Å². The highest BCUT2D eigenvalue weighted by molar-refractivity contribution is 5.94. The van der Waals surface area contributed by atoms with Crippen LogP contribution in [0.4, 0.5) is 0 Å². The second-order valence-electron chi connectivity index (χ2n) is 7.51. The maximum Gasteiger partial charge on any atom is 0.244 e. The molecule has 9 heteroatoms. The molecule has 2 amide bonds. The Morgan fingerprint density at radius 3 is 2.81 bits per heavy atom. The number of carbonyl (C=O) groups excluding carboxylic acids is 2. The third kappa shape index (κ3) is 7.35. The fourth-order valence-electron chi connectivity index (χ4n) is 3.66. The summed E-state index contributed by atoms with van der Waals surface area (Å²) >= 11 is 0. The molecule has 0 atom stereocenters. The number of rotatable bonds is 12. The molecule has 0 radical (unpaired) electrons. The van der Waals surface area contributed by atoms with Crippen molar-refractivity contribution < 1.29 is 23.5 Å². The summed E-state index contributed by atoms with van der Waals surface area (Å²) in [7, 11) is 0. The average molecular weight is 445 g/mol. The molecule has 174 valence electrons. The van der Waals surface area contributed by atoms with Gasteiger partial charge < -0.3 is 28.7 Å². The second kappa shape index (κ2) is 12.8. The SMILES string of the molecule is CCOCCOCCn1ccnc1C1CCN(C(=O)CNC(=O)C=Cc2ccco2)CC1. The molecule has 0 aromatic carbocycles. The molecular formula is C23H32N4O5. The van der Waals surface area contributed by atoms with Crippen molar-refractivity contribution in [2.75, 3.05) is 46.1 Å². The van der Waals surface area contributed by atoms with Crippen molar-refractivity contribution >= 4 is 17.9 Å². The van der Waals surface area contributed by atoms with Crippen LogP contribution in [0.2, 0.25) is 0 Å². The Bertz CT molecular complexity index is 854. The number of furan rings is 1. The number of carbonyl (C=O) groups is 2. The maximum absolute atomic E-state index is 12.5. The molecule has 1 fully saturated rings. The maximum atomic E-state index is 12.5. The molecule has 1 N–H and O–H groups in total. The lowest BCUT2D eigenvalue weighted by molar-refractivity contribution is -0.133. The highest BCUT2D eigenvalue weighted by Gasteiger charge is 2.26. The predicted molar refractivity (Wildman–Crippen MR) is 119 cm³/mol. The van der Waals surface area contributed by atoms with Gasteiger partial charge in [-0.2, -0.15) is 0 Å². The van der Waals surface area contributed by atoms with Gasteiger partial charge in [-0.3, -0.25) is 9.59 Å². The van der Waals surface area contributed by atoms with Crippen molar-refractivity contribution in [1.29, 1.82) is 0 Å². The molecule has 9 nitrogen and oxygen atoms in total. The molecule has 2 aromatic heterocycles. The number of likely N-dealkylation sites (tertiary alicyclic amines) is 1. The lowest BCUT2D eigenvalue weighted by Gasteiger charge is -2.32. The van der Waals surface area contributed by atoms with E-state index in [2.05, 4.69) is 14.9 Å². The van der Waals surface area contributed by atoms with Gasteiger partial charge >= 0.3 is 0 Å². The molecule has 3 rings (SSSR count). The van der Waals surface area contributed by atoms with Gasteiger partial charge in [0.05, 0.1) is 32.6 Å². The standard InChI is InChI=1S/C23H32N4O5/c1-2-30-16-17-31-15-13-27-12-9-24-23(27)19-7-10-26(11-8-19)22(29)18-25-21(28)6-5-20-4-3-14-32-20/h3-6,9,12,14,19H,2,7-8,10-11,13,15-18H2,1H3,(H,25,28). The molecule has 0 unspecified atom stereocenters. The van der Waals surface area contributed by atoms with E-state index in [0.717, 1.165) is 25.2 Å². The Kier molecular flexibility index (Phi) is 9.52. The number of amides is 2. The number of nitrogens with zero attached hydrogens (tertiary/aromatic N) is 3. The molecule has 32 heavy (non-hydrogen) atoms. The minimum absolute atomic E-state index is 0.0142. The highest BCUT2D eigenvalue weighted by Crippen LogP contribution is 2.26. The summed E-state index contributed by atoms with van der Waals surface area (Å²) in [6.07, 6.45) is 9.95. The van der Waals surface area contributed by atoms with Crippen molar-refractivity contribution in [2.45, 2.75) is 32.2 Å². The van der Waals surface area contributed by atoms with Crippen molar-refractivity contribution in [3.63, 3.8) is 0 Å². The van der Waals surface area contributed by atoms with E-state index in [1.807, 2.05) is 19.3 Å². The van der Waals surface area contributed by atoms with Crippen LogP contribution in [0.5, 0.6) is 0 Å². The van der Waals surface area contributed by atoms with Crippen LogP contribution in [0.3, 0.4) is 0 Å². The van der Waals surface area contributed by atoms with Gasteiger partial charge in [0.2, 0.25) is 11.8 Å². The minimum atomic E-state index is -0.324. The van der Waals surface area contributed by atoms with E-state index in [0.29, 0.717) is 51.2 Å². The van der Waals surface area contributed by atoms with Crippen LogP contribution in [0, 0.1) is 0 Å². The predicted octanol–water partition coefficient (Wildman–Crippen LogP) is 2.06. The van der Waals surface area contributed by atoms with E-state index in [1.54, 1.807) is 23.1 Å². The first-order valence-electron chi connectivity index (χ1n) is 11.1. The molecule has 2 aromatic rings. The zero-order valence-electron chi connectivity index (χ0n) is 18.6. The first kappa shape index (κ1) is 23.7. The third-order valence-corrected chi connectivity index (χ3v) is 5.37. The first-order chi connectivity index (χ1) is 15.7. The van der Waals surface area contributed by atoms with E-state index >= 15 is 0 Å². The fraction of sp³-hybridized carbons (Fsp3) is 0.522. The Hall–Kier alpha value is -2.91. The molecule has 0 saturated carbocycles. The van der Waals surface area contributed by atoms with Crippen LogP contribution < -0.4 is 5.32 Å². The van der Waals surface area contributed by atoms with Gasteiger partial charge in [-0.05, 0) is 38.0 Å². The molecule has 1 saturated heterocycles. The van der Waals surface area contributed by atoms with E-state index in [1.165, 1.54) is 12.3 Å². The molecular weight excluding hydrogens is 412 g/mol. The number of hydrogen-bond donors (Lipinski definition) is 1. The summed E-state index contributed by atoms with van der Waals surface area (Å²) < 4.78 is 18.2. The largest absolute Gasteiger partial charge is 0.465 e. The molecule has 0 spiro atoms. The fourth-order valence-corrected chi connectivity index (χ4v) is 3.66. The highest BCUT2D eigenvalue weighted by atomic mass is 16.5. The van der Waals surface area contributed by atoms with Gasteiger partial charge in [-0.15, -0.1) is 0 Å². The van der Waals surface area contributed by atoms with E-state index in [-0.39, 0.29) is 18.4 Å². The quantitative estimate of drug-likeness (QED) is 0.397. The van der Waals surface area contributed by atoms with Crippen molar-refractivity contribution in [3.05, 3.63) is 48.5 Å². The number of ether oxygens (including phenoxy) is 2. The molecule has 0 bridgehead atoms. The summed E-state index contributed by atoms with van der Waals surface area (Å²) in [6, 6.07) is 3.50. The van der Waals surface area contributed by atoms with Gasteiger partial charge in [0.15, 0.2) is 0 Å². The topological polar surface area (TPSA) is 98.8 Å². The van der Waals surface area contributed by atoms with Crippen molar-refractivity contribution in [3.8, 4) is 0 Å². The smallest absolute Gasteiger partial charge is 0.244 e. The molecule has 1 aliphatic rings. The summed E-state index contributed by atoms with van der Waals surface area (Å²) in [5.74, 6) is 1.54. The molecule has 3 heterocycles. The summed E-state index contributed by atoms with van der Waals surface area (Å²) in [6.45, 7) is 6.52. The zero-order chi connectivity index (χ0) is 22.6. The number of hydrogen-bond acceptors (Lipinski definition) is 6. The second-order valence-corrected chi connectivity index (χ2v) is 7.51. The van der Waals surface area contributed by atoms with Gasteiger partial charge in [-0.25, -0.2) is 4.98 Å². The zero-order valence-corrected chi connectivity index (χ0v) is 18.6. The molecule has 1 aliphatic heterocycles. The average Bonchev–Trinajstić information content (AvgIpc) is 3.50. The number of imidazole rings is 1. The lowest BCUT2D eigenvalue weighted by Crippen LogP contribution is -2.43. The Balaban J connectivity index is 1.37. The Morgan fingerprint density at radius 2 is 2.06 bits per heavy atom. The van der Waals surface area contributed by atoms with Gasteiger partial charge in [0.1, 0.15) is 11.6 Å². The molecule has 0 aliphatic carbocycles. The van der Waals surface area contributed by atoms with Crippen LogP contribution in [0.1, 0.15) is 37.3 Å². The monoisotopic (exact) mass is 444 g/mol. The van der Waals surface area contributed by atoms with E-state index < -0.39 is 0 Å². The van der Waals surface area contributed by atoms with Crippen LogP contribution in [-0.2, 0) is 25.6 Å². The third-order valence-electron chi connectivity index (χ3n) is 5.37. The minimum Gasteiger partial charge on any atom is -0.465 e. The van der Waals surface area contributed by atoms with E-state index in [4.69, 9.17) is 13.9 Å². The van der Waals surface area contributed by atoms with Gasteiger partial charge in [0, 0.05) is 50.6 Å². The number of piperidine rings is 1. The normalized spacial score (nSPS) is 14.8. The Labute approximate surface area is 188 Å². The number of nitrogens with one attached hydrogen (secondary N) is 1. The summed E-state index contributed by atoms with van der Waals surface area (Å²) in [4.78, 5) is 30.7. The van der Waals surface area contributed by atoms with Crippen molar-refractivity contribution in [1.82, 2.24) is 19.8 Å². The van der Waals surface area contributed by atoms with Crippen LogP contribution in [-0.4, -0.2) is 72.3 Å². The number of aromatic nitrogens is 2. The summed E-state index contributed by atoms with van der Waals surface area (Å²) in [5.41, 5.74) is 0. The lowest BCUT2D eigenvalue weighted by atomic mass is 9.96. The van der Waals surface area contributed by atoms with Crippen LogP contribution >= 0.6 is 0 Å². The Morgan fingerprint density at radius 1 is 1.25 bits per heavy atom.